The van der Waals surface area contributed by atoms with Gasteiger partial charge in [0, 0.05) is 18.1 Å². The van der Waals surface area contributed by atoms with E-state index in [1.54, 1.807) is 0 Å². The quantitative estimate of drug-likeness (QED) is 0.622. The highest BCUT2D eigenvalue weighted by Crippen LogP contribution is 2.34. The first kappa shape index (κ1) is 16.2. The third-order valence-corrected chi connectivity index (χ3v) is 5.31. The molecule has 0 aliphatic heterocycles. The maximum Gasteiger partial charge on any atom is 0.295 e. The third-order valence-electron chi connectivity index (χ3n) is 3.06. The van der Waals surface area contributed by atoms with E-state index >= 15 is 0 Å². The van der Waals surface area contributed by atoms with Gasteiger partial charge in [0.1, 0.15) is 11.4 Å². The Bertz CT molecular complexity index is 827. The fourth-order valence-electron chi connectivity index (χ4n) is 2.02. The zero-order valence-electron chi connectivity index (χ0n) is 11.9. The minimum atomic E-state index is -4.05. The number of nitrogens with zero attached hydrogens (tertiary/aromatic N) is 3. The lowest BCUT2D eigenvalue weighted by Crippen LogP contribution is -2.28. The highest BCUT2D eigenvalue weighted by Gasteiger charge is 2.32. The second-order valence-corrected chi connectivity index (χ2v) is 6.86. The van der Waals surface area contributed by atoms with Crippen molar-refractivity contribution in [1.82, 2.24) is 5.16 Å². The van der Waals surface area contributed by atoms with Gasteiger partial charge in [0.05, 0.1) is 4.92 Å². The highest BCUT2D eigenvalue weighted by molar-refractivity contribution is 7.92. The Kier molecular flexibility index (Phi) is 4.12. The van der Waals surface area contributed by atoms with E-state index < -0.39 is 20.6 Å². The van der Waals surface area contributed by atoms with Gasteiger partial charge in [-0.05, 0) is 26.0 Å². The summed E-state index contributed by atoms with van der Waals surface area (Å²) in [6.07, 6.45) is 0. The molecule has 1 aromatic heterocycles. The van der Waals surface area contributed by atoms with Crippen LogP contribution in [0.4, 0.5) is 11.4 Å². The first-order valence-corrected chi connectivity index (χ1v) is 7.83. The first-order chi connectivity index (χ1) is 10.2. The van der Waals surface area contributed by atoms with Gasteiger partial charge in [0.25, 0.3) is 15.7 Å². The lowest BCUT2D eigenvalue weighted by atomic mass is 10.3. The smallest absolute Gasteiger partial charge is 0.295 e. The second kappa shape index (κ2) is 5.58. The van der Waals surface area contributed by atoms with Crippen molar-refractivity contribution in [2.75, 3.05) is 11.4 Å². The van der Waals surface area contributed by atoms with Crippen LogP contribution in [0, 0.1) is 24.0 Å². The van der Waals surface area contributed by atoms with E-state index in [1.807, 2.05) is 0 Å². The average Bonchev–Trinajstić information content (AvgIpc) is 2.77. The van der Waals surface area contributed by atoms with Gasteiger partial charge in [-0.1, -0.05) is 16.8 Å². The lowest BCUT2D eigenvalue weighted by molar-refractivity contribution is -0.384. The molecule has 0 atom stereocenters. The van der Waals surface area contributed by atoms with Crippen LogP contribution in [0.3, 0.4) is 0 Å². The van der Waals surface area contributed by atoms with Crippen molar-refractivity contribution in [2.24, 2.45) is 0 Å². The van der Waals surface area contributed by atoms with E-state index in [4.69, 9.17) is 16.1 Å². The molecule has 0 fully saturated rings. The summed E-state index contributed by atoms with van der Waals surface area (Å²) >= 11 is 5.73. The summed E-state index contributed by atoms with van der Waals surface area (Å²) < 4.78 is 31.0. The average molecular weight is 346 g/mol. The molecule has 0 N–H and O–H groups in total. The number of hydrogen-bond acceptors (Lipinski definition) is 6. The van der Waals surface area contributed by atoms with Crippen LogP contribution in [0.2, 0.25) is 5.02 Å². The molecule has 0 saturated heterocycles. The molecule has 22 heavy (non-hydrogen) atoms. The Balaban J connectivity index is 2.62. The van der Waals surface area contributed by atoms with Crippen LogP contribution in [0.15, 0.2) is 27.6 Å². The van der Waals surface area contributed by atoms with Crippen LogP contribution in [0.1, 0.15) is 11.5 Å². The molecule has 1 aromatic carbocycles. The zero-order chi connectivity index (χ0) is 16.7. The minimum absolute atomic E-state index is 0.102. The summed E-state index contributed by atoms with van der Waals surface area (Å²) in [4.78, 5) is 10.3. The maximum absolute atomic E-state index is 12.7. The Morgan fingerprint density at radius 2 is 2.00 bits per heavy atom. The molecule has 0 radical (unpaired) electrons. The number of nitro groups is 1. The molecule has 2 aromatic rings. The van der Waals surface area contributed by atoms with E-state index in [9.17, 15) is 18.5 Å². The summed E-state index contributed by atoms with van der Waals surface area (Å²) in [6, 6.07) is 3.75. The van der Waals surface area contributed by atoms with Crippen molar-refractivity contribution < 1.29 is 17.9 Å². The summed E-state index contributed by atoms with van der Waals surface area (Å²) in [5.41, 5.74) is -0.333. The minimum Gasteiger partial charge on any atom is -0.360 e. The Hall–Kier alpha value is -2.13. The zero-order valence-corrected chi connectivity index (χ0v) is 13.5. The van der Waals surface area contributed by atoms with Crippen molar-refractivity contribution in [1.29, 1.82) is 0 Å². The molecule has 0 amide bonds. The van der Waals surface area contributed by atoms with Gasteiger partial charge in [-0.25, -0.2) is 8.42 Å². The molecule has 0 aliphatic carbocycles. The largest absolute Gasteiger partial charge is 0.360 e. The van der Waals surface area contributed by atoms with Gasteiger partial charge in [-0.2, -0.15) is 0 Å². The molecule has 1 heterocycles. The van der Waals surface area contributed by atoms with E-state index in [1.165, 1.54) is 33.0 Å². The predicted molar refractivity (Wildman–Crippen MR) is 79.7 cm³/mol. The van der Waals surface area contributed by atoms with Crippen molar-refractivity contribution in [3.63, 3.8) is 0 Å². The SMILES string of the molecule is Cc1noc(C)c1S(=O)(=O)N(C)c1ccc(Cl)cc1[N+](=O)[O-]. The van der Waals surface area contributed by atoms with Gasteiger partial charge in [0.15, 0.2) is 10.7 Å². The molecular formula is C12H12ClN3O5S. The molecule has 10 heteroatoms. The van der Waals surface area contributed by atoms with Crippen molar-refractivity contribution in [3.8, 4) is 0 Å². The molecule has 8 nitrogen and oxygen atoms in total. The summed E-state index contributed by atoms with van der Waals surface area (Å²) in [6.45, 7) is 2.94. The fraction of sp³-hybridized carbons (Fsp3) is 0.250. The molecule has 0 spiro atoms. The molecule has 0 unspecified atom stereocenters. The van der Waals surface area contributed by atoms with Gasteiger partial charge in [-0.15, -0.1) is 0 Å². The van der Waals surface area contributed by atoms with Crippen molar-refractivity contribution >= 4 is 33.0 Å². The van der Waals surface area contributed by atoms with E-state index in [0.29, 0.717) is 0 Å². The van der Waals surface area contributed by atoms with Crippen LogP contribution >= 0.6 is 11.6 Å². The number of rotatable bonds is 4. The monoisotopic (exact) mass is 345 g/mol. The van der Waals surface area contributed by atoms with Crippen LogP contribution in [0.25, 0.3) is 0 Å². The molecule has 0 bridgehead atoms. The fourth-order valence-corrected chi connectivity index (χ4v) is 3.68. The number of aromatic nitrogens is 1. The lowest BCUT2D eigenvalue weighted by Gasteiger charge is -2.19. The molecule has 0 aliphatic rings. The first-order valence-electron chi connectivity index (χ1n) is 6.02. The Labute approximate surface area is 131 Å². The standard InChI is InChI=1S/C12H12ClN3O5S/c1-7-12(8(2)21-14-7)22(19,20)15(3)10-5-4-9(13)6-11(10)16(17)18/h4-6H,1-3H3. The second-order valence-electron chi connectivity index (χ2n) is 4.52. The number of anilines is 1. The van der Waals surface area contributed by atoms with Gasteiger partial charge in [-0.3, -0.25) is 14.4 Å². The number of hydrogen-bond donors (Lipinski definition) is 0. The van der Waals surface area contributed by atoms with Crippen molar-refractivity contribution in [3.05, 3.63) is 44.8 Å². The number of sulfonamides is 1. The molecular weight excluding hydrogens is 334 g/mol. The molecule has 118 valence electrons. The number of halogens is 1. The van der Waals surface area contributed by atoms with E-state index in [-0.39, 0.29) is 27.1 Å². The predicted octanol–water partition coefficient (Wildman–Crippen LogP) is 2.68. The number of nitro benzene ring substituents is 1. The van der Waals surface area contributed by atoms with Crippen LogP contribution in [-0.4, -0.2) is 25.5 Å². The van der Waals surface area contributed by atoms with Gasteiger partial charge < -0.3 is 4.52 Å². The van der Waals surface area contributed by atoms with Crippen LogP contribution in [0.5, 0.6) is 0 Å². The third kappa shape index (κ3) is 2.64. The normalized spacial score (nSPS) is 11.5. The van der Waals surface area contributed by atoms with Crippen molar-refractivity contribution in [2.45, 2.75) is 18.7 Å². The Morgan fingerprint density at radius 1 is 1.36 bits per heavy atom. The van der Waals surface area contributed by atoms with E-state index in [2.05, 4.69) is 5.16 Å². The summed E-state index contributed by atoms with van der Waals surface area (Å²) in [5, 5.41) is 14.9. The van der Waals surface area contributed by atoms with E-state index in [0.717, 1.165) is 10.4 Å². The maximum atomic E-state index is 12.7. The summed E-state index contributed by atoms with van der Waals surface area (Å²) in [7, 11) is -2.83. The van der Waals surface area contributed by atoms with Crippen LogP contribution in [-0.2, 0) is 10.0 Å². The Morgan fingerprint density at radius 3 is 2.50 bits per heavy atom. The molecule has 2 rings (SSSR count). The topological polar surface area (TPSA) is 107 Å². The number of aryl methyl sites for hydroxylation is 2. The van der Waals surface area contributed by atoms with Gasteiger partial charge >= 0.3 is 0 Å². The number of benzene rings is 1. The highest BCUT2D eigenvalue weighted by atomic mass is 35.5. The van der Waals surface area contributed by atoms with Gasteiger partial charge in [0.2, 0.25) is 0 Å². The molecule has 0 saturated carbocycles. The summed E-state index contributed by atoms with van der Waals surface area (Å²) in [5.74, 6) is 0.112. The van der Waals surface area contributed by atoms with Crippen LogP contribution < -0.4 is 4.31 Å².